The van der Waals surface area contributed by atoms with Gasteiger partial charge < -0.3 is 15.5 Å². The molecule has 0 aromatic carbocycles. The van der Waals surface area contributed by atoms with Gasteiger partial charge in [0.2, 0.25) is 5.91 Å². The molecule has 4 nitrogen and oxygen atoms in total. The Hall–Kier alpha value is -1.13. The average molecular weight is 592 g/mol. The Morgan fingerprint density at radius 2 is 0.881 bits per heavy atom. The summed E-state index contributed by atoms with van der Waals surface area (Å²) in [6, 6.07) is -0.636. The standard InChI is InChI=1S/C38H73NO3/c1-3-4-5-6-7-8-9-10-11-12-13-14-15-16-17-18-19-20-21-22-23-24-25-26-27-28-29-30-31-32-33-34-38(42)37(35-40)39-36(2)41/h29-30,33-34,37-38,40,42H,3-28,31-32,35H2,1-2H3,(H,39,41)/b30-29+,34-33+. The van der Waals surface area contributed by atoms with Gasteiger partial charge in [0.05, 0.1) is 18.8 Å². The van der Waals surface area contributed by atoms with Crippen LogP contribution in [0, 0.1) is 0 Å². The molecule has 0 bridgehead atoms. The van der Waals surface area contributed by atoms with Gasteiger partial charge in [-0.2, -0.15) is 0 Å². The molecule has 0 fully saturated rings. The third-order valence-electron chi connectivity index (χ3n) is 8.47. The summed E-state index contributed by atoms with van der Waals surface area (Å²) in [6.07, 6.45) is 46.0. The summed E-state index contributed by atoms with van der Waals surface area (Å²) in [6.45, 7) is 3.41. The molecule has 248 valence electrons. The largest absolute Gasteiger partial charge is 0.394 e. The SMILES string of the molecule is CCCCCCCCCCCCCCCCCCCCCCCCCCC/C=C/CC/C=C/C(O)C(CO)NC(C)=O. The van der Waals surface area contributed by atoms with E-state index in [-0.39, 0.29) is 12.5 Å². The molecule has 0 aromatic rings. The number of unbranched alkanes of at least 4 members (excludes halogenated alkanes) is 26. The van der Waals surface area contributed by atoms with E-state index in [1.165, 1.54) is 167 Å². The topological polar surface area (TPSA) is 69.6 Å². The van der Waals surface area contributed by atoms with Crippen LogP contribution in [0.3, 0.4) is 0 Å². The van der Waals surface area contributed by atoms with E-state index >= 15 is 0 Å². The normalized spacial score (nSPS) is 13.3. The first-order valence-electron chi connectivity index (χ1n) is 18.5. The smallest absolute Gasteiger partial charge is 0.217 e. The number of aliphatic hydroxyl groups is 2. The van der Waals surface area contributed by atoms with Crippen LogP contribution in [-0.4, -0.2) is 34.9 Å². The fraction of sp³-hybridized carbons (Fsp3) is 0.868. The van der Waals surface area contributed by atoms with Gasteiger partial charge in [0.1, 0.15) is 0 Å². The molecule has 0 saturated heterocycles. The van der Waals surface area contributed by atoms with Crippen LogP contribution in [0.25, 0.3) is 0 Å². The van der Waals surface area contributed by atoms with Crippen molar-refractivity contribution in [3.8, 4) is 0 Å². The number of rotatable bonds is 33. The van der Waals surface area contributed by atoms with Crippen molar-refractivity contribution < 1.29 is 15.0 Å². The molecule has 4 heteroatoms. The van der Waals surface area contributed by atoms with E-state index in [4.69, 9.17) is 0 Å². The van der Waals surface area contributed by atoms with E-state index in [9.17, 15) is 15.0 Å². The van der Waals surface area contributed by atoms with Crippen LogP contribution < -0.4 is 5.32 Å². The molecular formula is C38H73NO3. The summed E-state index contributed by atoms with van der Waals surface area (Å²) in [4.78, 5) is 11.1. The van der Waals surface area contributed by atoms with Crippen LogP contribution >= 0.6 is 0 Å². The van der Waals surface area contributed by atoms with Gasteiger partial charge in [-0.3, -0.25) is 4.79 Å². The molecular weight excluding hydrogens is 518 g/mol. The minimum absolute atomic E-state index is 0.250. The summed E-state index contributed by atoms with van der Waals surface area (Å²) in [7, 11) is 0. The second kappa shape index (κ2) is 34.4. The number of nitrogens with one attached hydrogen (secondary N) is 1. The monoisotopic (exact) mass is 592 g/mol. The van der Waals surface area contributed by atoms with Gasteiger partial charge in [-0.25, -0.2) is 0 Å². The molecule has 3 N–H and O–H groups in total. The maximum atomic E-state index is 11.1. The van der Waals surface area contributed by atoms with Crippen molar-refractivity contribution >= 4 is 5.91 Å². The van der Waals surface area contributed by atoms with Crippen molar-refractivity contribution in [3.63, 3.8) is 0 Å². The van der Waals surface area contributed by atoms with Crippen LogP contribution in [0.5, 0.6) is 0 Å². The Kier molecular flexibility index (Phi) is 33.4. The molecule has 1 amide bonds. The molecule has 0 aliphatic carbocycles. The molecule has 0 aliphatic rings. The van der Waals surface area contributed by atoms with Crippen LogP contribution in [0.1, 0.15) is 194 Å². The molecule has 42 heavy (non-hydrogen) atoms. The maximum Gasteiger partial charge on any atom is 0.217 e. The fourth-order valence-electron chi connectivity index (χ4n) is 5.70. The Balaban J connectivity index is 3.25. The summed E-state index contributed by atoms with van der Waals surface area (Å²) < 4.78 is 0. The quantitative estimate of drug-likeness (QED) is 0.0525. The average Bonchev–Trinajstić information content (AvgIpc) is 2.98. The first-order valence-corrected chi connectivity index (χ1v) is 18.5. The number of hydrogen-bond acceptors (Lipinski definition) is 3. The number of amides is 1. The number of allylic oxidation sites excluding steroid dienone is 3. The van der Waals surface area contributed by atoms with E-state index in [1.807, 2.05) is 6.08 Å². The minimum Gasteiger partial charge on any atom is -0.394 e. The maximum absolute atomic E-state index is 11.1. The number of aliphatic hydroxyl groups excluding tert-OH is 2. The fourth-order valence-corrected chi connectivity index (χ4v) is 5.70. The number of carbonyl (C=O) groups excluding carboxylic acids is 1. The molecule has 0 spiro atoms. The Morgan fingerprint density at radius 1 is 0.548 bits per heavy atom. The second-order valence-corrected chi connectivity index (χ2v) is 12.7. The molecule has 0 saturated carbocycles. The summed E-state index contributed by atoms with van der Waals surface area (Å²) >= 11 is 0. The third-order valence-corrected chi connectivity index (χ3v) is 8.47. The van der Waals surface area contributed by atoms with Gasteiger partial charge in [0.25, 0.3) is 0 Å². The van der Waals surface area contributed by atoms with Crippen LogP contribution in [0.2, 0.25) is 0 Å². The lowest BCUT2D eigenvalue weighted by atomic mass is 10.0. The summed E-state index contributed by atoms with van der Waals surface area (Å²) in [5.41, 5.74) is 0. The Bertz CT molecular complexity index is 603. The van der Waals surface area contributed by atoms with Crippen LogP contribution in [-0.2, 0) is 4.79 Å². The van der Waals surface area contributed by atoms with E-state index < -0.39 is 12.1 Å². The molecule has 2 unspecified atom stereocenters. The Morgan fingerprint density at radius 3 is 1.24 bits per heavy atom. The van der Waals surface area contributed by atoms with Crippen LogP contribution in [0.15, 0.2) is 24.3 Å². The van der Waals surface area contributed by atoms with Crippen molar-refractivity contribution in [2.45, 2.75) is 206 Å². The highest BCUT2D eigenvalue weighted by Crippen LogP contribution is 2.16. The van der Waals surface area contributed by atoms with E-state index in [0.717, 1.165) is 19.3 Å². The van der Waals surface area contributed by atoms with E-state index in [1.54, 1.807) is 6.08 Å². The lowest BCUT2D eigenvalue weighted by Crippen LogP contribution is -2.44. The van der Waals surface area contributed by atoms with Gasteiger partial charge in [-0.15, -0.1) is 0 Å². The van der Waals surface area contributed by atoms with Crippen molar-refractivity contribution in [1.82, 2.24) is 5.32 Å². The molecule has 0 aliphatic heterocycles. The Labute approximate surface area is 262 Å². The highest BCUT2D eigenvalue weighted by molar-refractivity contribution is 5.73. The molecule has 2 atom stereocenters. The van der Waals surface area contributed by atoms with Crippen molar-refractivity contribution in [3.05, 3.63) is 24.3 Å². The molecule has 0 heterocycles. The number of carbonyl (C=O) groups is 1. The zero-order valence-electron chi connectivity index (χ0n) is 28.3. The lowest BCUT2D eigenvalue weighted by molar-refractivity contribution is -0.120. The lowest BCUT2D eigenvalue weighted by Gasteiger charge is -2.18. The van der Waals surface area contributed by atoms with E-state index in [2.05, 4.69) is 24.4 Å². The van der Waals surface area contributed by atoms with Crippen molar-refractivity contribution in [2.75, 3.05) is 6.61 Å². The number of hydrogen-bond donors (Lipinski definition) is 3. The van der Waals surface area contributed by atoms with Gasteiger partial charge in [-0.05, 0) is 25.7 Å². The minimum atomic E-state index is -0.855. The van der Waals surface area contributed by atoms with Gasteiger partial charge >= 0.3 is 0 Å². The molecule has 0 aromatic heterocycles. The predicted octanol–water partition coefficient (Wildman–Crippen LogP) is 10.9. The molecule has 0 rings (SSSR count). The first-order chi connectivity index (χ1) is 20.6. The summed E-state index contributed by atoms with van der Waals surface area (Å²) in [5, 5.41) is 21.8. The first kappa shape index (κ1) is 40.9. The van der Waals surface area contributed by atoms with Crippen molar-refractivity contribution in [2.24, 2.45) is 0 Å². The highest BCUT2D eigenvalue weighted by atomic mass is 16.3. The van der Waals surface area contributed by atoms with Crippen LogP contribution in [0.4, 0.5) is 0 Å². The predicted molar refractivity (Wildman–Crippen MR) is 184 cm³/mol. The zero-order chi connectivity index (χ0) is 30.8. The van der Waals surface area contributed by atoms with Gasteiger partial charge in [0.15, 0.2) is 0 Å². The summed E-state index contributed by atoms with van der Waals surface area (Å²) in [5.74, 6) is -0.250. The van der Waals surface area contributed by atoms with Gasteiger partial charge in [0, 0.05) is 6.92 Å². The highest BCUT2D eigenvalue weighted by Gasteiger charge is 2.15. The zero-order valence-corrected chi connectivity index (χ0v) is 28.3. The second-order valence-electron chi connectivity index (χ2n) is 12.7. The third kappa shape index (κ3) is 31.8. The van der Waals surface area contributed by atoms with Gasteiger partial charge in [-0.1, -0.05) is 185 Å². The van der Waals surface area contributed by atoms with E-state index in [0.29, 0.717) is 0 Å². The van der Waals surface area contributed by atoms with Crippen molar-refractivity contribution in [1.29, 1.82) is 0 Å². The molecule has 0 radical (unpaired) electrons.